The maximum atomic E-state index is 13.1. The number of imidazole rings is 1. The molecule has 29 heavy (non-hydrogen) atoms. The van der Waals surface area contributed by atoms with Crippen LogP contribution in [0.3, 0.4) is 0 Å². The van der Waals surface area contributed by atoms with Crippen molar-refractivity contribution in [2.45, 2.75) is 5.75 Å². The van der Waals surface area contributed by atoms with Crippen LogP contribution >= 0.6 is 0 Å². The van der Waals surface area contributed by atoms with Gasteiger partial charge in [-0.1, -0.05) is 12.1 Å². The zero-order valence-corrected chi connectivity index (χ0v) is 16.2. The van der Waals surface area contributed by atoms with Crippen LogP contribution in [0.1, 0.15) is 5.56 Å². The van der Waals surface area contributed by atoms with E-state index in [9.17, 15) is 12.8 Å². The van der Waals surface area contributed by atoms with Crippen molar-refractivity contribution in [1.29, 1.82) is 0 Å². The summed E-state index contributed by atoms with van der Waals surface area (Å²) in [6.07, 6.45) is 5.28. The summed E-state index contributed by atoms with van der Waals surface area (Å²) < 4.78 is 47.9. The first-order valence-electron chi connectivity index (χ1n) is 8.66. The Labute approximate surface area is 166 Å². The number of methoxy groups -OCH3 is 1. The Balaban J connectivity index is 1.65. The lowest BCUT2D eigenvalue weighted by molar-refractivity contribution is 0.417. The summed E-state index contributed by atoms with van der Waals surface area (Å²) in [5, 5.41) is 0. The van der Waals surface area contributed by atoms with Crippen molar-refractivity contribution in [3.8, 4) is 17.0 Å². The molecule has 0 aliphatic rings. The summed E-state index contributed by atoms with van der Waals surface area (Å²) in [5.74, 6) is 0.198. The van der Waals surface area contributed by atoms with E-state index in [1.54, 1.807) is 41.1 Å². The minimum atomic E-state index is -3.75. The molecule has 2 aromatic heterocycles. The predicted octanol–water partition coefficient (Wildman–Crippen LogP) is 3.49. The maximum Gasteiger partial charge on any atom is 0.237 e. The Morgan fingerprint density at radius 3 is 2.69 bits per heavy atom. The monoisotopic (exact) mass is 412 g/mol. The van der Waals surface area contributed by atoms with E-state index in [0.717, 1.165) is 0 Å². The molecule has 0 amide bonds. The van der Waals surface area contributed by atoms with Gasteiger partial charge in [0.05, 0.1) is 24.2 Å². The molecule has 0 spiro atoms. The van der Waals surface area contributed by atoms with Gasteiger partial charge >= 0.3 is 0 Å². The van der Waals surface area contributed by atoms with Gasteiger partial charge in [-0.25, -0.2) is 22.8 Å². The molecule has 0 radical (unpaired) electrons. The minimum absolute atomic E-state index is 0.289. The van der Waals surface area contributed by atoms with Crippen LogP contribution in [-0.2, 0) is 15.8 Å². The van der Waals surface area contributed by atoms with Crippen molar-refractivity contribution in [1.82, 2.24) is 14.4 Å². The number of benzene rings is 2. The van der Waals surface area contributed by atoms with E-state index < -0.39 is 15.8 Å². The van der Waals surface area contributed by atoms with Gasteiger partial charge in [-0.3, -0.25) is 9.12 Å². The van der Waals surface area contributed by atoms with Crippen molar-refractivity contribution in [2.24, 2.45) is 0 Å². The van der Waals surface area contributed by atoms with Gasteiger partial charge in [-0.2, -0.15) is 0 Å². The zero-order valence-electron chi connectivity index (χ0n) is 15.4. The van der Waals surface area contributed by atoms with Crippen LogP contribution < -0.4 is 9.46 Å². The molecule has 9 heteroatoms. The fourth-order valence-corrected chi connectivity index (χ4v) is 4.12. The number of anilines is 1. The molecule has 0 unspecified atom stereocenters. The average molecular weight is 412 g/mol. The molecular formula is C20H17FN4O3S. The normalized spacial score (nSPS) is 11.5. The molecule has 0 saturated carbocycles. The highest BCUT2D eigenvalue weighted by Gasteiger charge is 2.16. The minimum Gasteiger partial charge on any atom is -0.495 e. The summed E-state index contributed by atoms with van der Waals surface area (Å²) in [6, 6.07) is 12.2. The number of sulfonamides is 1. The lowest BCUT2D eigenvalue weighted by Crippen LogP contribution is -2.15. The molecule has 4 rings (SSSR count). The number of ether oxygens (including phenoxy) is 1. The van der Waals surface area contributed by atoms with Crippen molar-refractivity contribution in [3.05, 3.63) is 78.5 Å². The van der Waals surface area contributed by atoms with Gasteiger partial charge in [0.1, 0.15) is 11.6 Å². The molecule has 0 fully saturated rings. The number of nitrogens with zero attached hydrogens (tertiary/aromatic N) is 3. The summed E-state index contributed by atoms with van der Waals surface area (Å²) in [6.45, 7) is 0. The van der Waals surface area contributed by atoms with Crippen LogP contribution in [0.5, 0.6) is 5.75 Å². The van der Waals surface area contributed by atoms with Crippen LogP contribution in [0.15, 0.2) is 67.1 Å². The summed E-state index contributed by atoms with van der Waals surface area (Å²) in [7, 11) is -2.29. The Morgan fingerprint density at radius 2 is 1.97 bits per heavy atom. The van der Waals surface area contributed by atoms with E-state index in [2.05, 4.69) is 14.7 Å². The summed E-state index contributed by atoms with van der Waals surface area (Å²) >= 11 is 0. The molecule has 1 N–H and O–H groups in total. The number of fused-ring (bicyclic) bond motifs is 1. The van der Waals surface area contributed by atoms with Crippen molar-refractivity contribution in [3.63, 3.8) is 0 Å². The van der Waals surface area contributed by atoms with E-state index in [4.69, 9.17) is 4.74 Å². The molecule has 7 nitrogen and oxygen atoms in total. The maximum absolute atomic E-state index is 13.1. The van der Waals surface area contributed by atoms with E-state index in [0.29, 0.717) is 28.3 Å². The first-order chi connectivity index (χ1) is 13.9. The van der Waals surface area contributed by atoms with Gasteiger partial charge in [0, 0.05) is 24.2 Å². The highest BCUT2D eigenvalue weighted by molar-refractivity contribution is 7.91. The lowest BCUT2D eigenvalue weighted by Gasteiger charge is -2.13. The largest absolute Gasteiger partial charge is 0.495 e. The van der Waals surface area contributed by atoms with Crippen molar-refractivity contribution < 1.29 is 17.5 Å². The zero-order chi connectivity index (χ0) is 20.4. The second-order valence-corrected chi connectivity index (χ2v) is 8.08. The van der Waals surface area contributed by atoms with E-state index in [1.165, 1.54) is 31.4 Å². The molecule has 0 saturated heterocycles. The van der Waals surface area contributed by atoms with Gasteiger partial charge in [0.15, 0.2) is 0 Å². The van der Waals surface area contributed by atoms with Crippen LogP contribution in [0.2, 0.25) is 0 Å². The third-order valence-corrected chi connectivity index (χ3v) is 5.51. The third kappa shape index (κ3) is 4.19. The van der Waals surface area contributed by atoms with Gasteiger partial charge < -0.3 is 4.74 Å². The third-order valence-electron chi connectivity index (χ3n) is 4.27. The van der Waals surface area contributed by atoms with E-state index in [-0.39, 0.29) is 11.4 Å². The average Bonchev–Trinajstić information content (AvgIpc) is 3.13. The first kappa shape index (κ1) is 18.9. The van der Waals surface area contributed by atoms with Gasteiger partial charge in [-0.05, 0) is 42.0 Å². The standard InChI is InChI=1S/C20H17FN4O3S/c1-28-19-8-5-15(18-12-25-10-2-9-22-20(25)23-18)11-17(19)24-29(26,27)13-14-3-6-16(21)7-4-14/h2-12,24H,13H2,1H3. The first-order valence-corrected chi connectivity index (χ1v) is 10.3. The van der Waals surface area contributed by atoms with Crippen molar-refractivity contribution in [2.75, 3.05) is 11.8 Å². The number of aromatic nitrogens is 3. The van der Waals surface area contributed by atoms with E-state index >= 15 is 0 Å². The van der Waals surface area contributed by atoms with Crippen LogP contribution in [0.4, 0.5) is 10.1 Å². The van der Waals surface area contributed by atoms with E-state index in [1.807, 2.05) is 6.20 Å². The summed E-state index contributed by atoms with van der Waals surface area (Å²) in [5.41, 5.74) is 2.11. The quantitative estimate of drug-likeness (QED) is 0.524. The van der Waals surface area contributed by atoms with Crippen molar-refractivity contribution >= 4 is 21.5 Å². The van der Waals surface area contributed by atoms with Crippen LogP contribution in [-0.4, -0.2) is 29.9 Å². The SMILES string of the molecule is COc1ccc(-c2cn3cccnc3n2)cc1NS(=O)(=O)Cc1ccc(F)cc1. The highest BCUT2D eigenvalue weighted by atomic mass is 32.2. The Bertz CT molecular complexity index is 1240. The molecule has 0 bridgehead atoms. The number of halogens is 1. The molecule has 0 aliphatic carbocycles. The predicted molar refractivity (Wildman–Crippen MR) is 108 cm³/mol. The molecule has 148 valence electrons. The topological polar surface area (TPSA) is 85.6 Å². The number of nitrogens with one attached hydrogen (secondary N) is 1. The van der Waals surface area contributed by atoms with Gasteiger partial charge in [0.2, 0.25) is 15.8 Å². The number of rotatable bonds is 6. The Morgan fingerprint density at radius 1 is 1.17 bits per heavy atom. The second-order valence-electron chi connectivity index (χ2n) is 6.36. The fourth-order valence-electron chi connectivity index (χ4n) is 2.92. The van der Waals surface area contributed by atoms with Gasteiger partial charge in [0.25, 0.3) is 0 Å². The Hall–Kier alpha value is -3.46. The second kappa shape index (κ2) is 7.51. The lowest BCUT2D eigenvalue weighted by atomic mass is 10.1. The molecule has 4 aromatic rings. The summed E-state index contributed by atoms with van der Waals surface area (Å²) in [4.78, 5) is 8.64. The molecule has 0 atom stereocenters. The highest BCUT2D eigenvalue weighted by Crippen LogP contribution is 2.31. The molecule has 2 heterocycles. The van der Waals surface area contributed by atoms with Crippen LogP contribution in [0.25, 0.3) is 17.0 Å². The van der Waals surface area contributed by atoms with Crippen LogP contribution in [0, 0.1) is 5.82 Å². The Kier molecular flexibility index (Phi) is 4.89. The fraction of sp³-hybridized carbons (Fsp3) is 0.100. The van der Waals surface area contributed by atoms with Gasteiger partial charge in [-0.15, -0.1) is 0 Å². The molecule has 0 aliphatic heterocycles. The molecule has 2 aromatic carbocycles. The number of hydrogen-bond donors (Lipinski definition) is 1. The smallest absolute Gasteiger partial charge is 0.237 e. The number of hydrogen-bond acceptors (Lipinski definition) is 5. The molecular weight excluding hydrogens is 395 g/mol.